The van der Waals surface area contributed by atoms with Gasteiger partial charge >= 0.3 is 8.25 Å². The van der Waals surface area contributed by atoms with Crippen LogP contribution in [0, 0.1) is 6.92 Å². The average Bonchev–Trinajstić information content (AvgIpc) is 2.58. The van der Waals surface area contributed by atoms with E-state index in [1.165, 1.54) is 11.8 Å². The van der Waals surface area contributed by atoms with E-state index in [4.69, 9.17) is 14.2 Å². The van der Waals surface area contributed by atoms with Crippen molar-refractivity contribution < 1.29 is 33.7 Å². The molecule has 1 fully saturated rings. The second kappa shape index (κ2) is 9.05. The molecule has 0 bridgehead atoms. The Morgan fingerprint density at radius 3 is 2.56 bits per heavy atom. The van der Waals surface area contributed by atoms with Crippen LogP contribution in [0.4, 0.5) is 0 Å². The molecule has 1 aliphatic heterocycles. The highest BCUT2D eigenvalue weighted by Crippen LogP contribution is 2.34. The Bertz CT molecular complexity index is 614. The van der Waals surface area contributed by atoms with Crippen molar-refractivity contribution in [3.05, 3.63) is 35.4 Å². The standard InChI is InChI=1S/C15H20NO7PS/c1-8-3-5-9(6-4-8)14(19)16-11-12(18)10(7-17)22-15(25-2)13(11)23-24(20)21/h3-6,10-13,15,17-18H,7H2,1-2H3,(H-,16,19,20,21)/p+1/t10-,11+,12+,13-,15+/m1/s1. The number of ether oxygens (including phenoxy) is 1. The number of aryl methyl sites for hydroxylation is 1. The molecule has 10 heteroatoms. The number of carbonyl (C=O) groups is 1. The third-order valence-electron chi connectivity index (χ3n) is 3.92. The van der Waals surface area contributed by atoms with E-state index in [2.05, 4.69) is 5.32 Å². The van der Waals surface area contributed by atoms with Crippen LogP contribution in [0.3, 0.4) is 0 Å². The van der Waals surface area contributed by atoms with Gasteiger partial charge in [-0.25, -0.2) is 0 Å². The number of aliphatic hydroxyl groups excluding tert-OH is 2. The van der Waals surface area contributed by atoms with Crippen molar-refractivity contribution in [2.45, 2.75) is 36.7 Å². The van der Waals surface area contributed by atoms with Gasteiger partial charge in [0, 0.05) is 10.1 Å². The van der Waals surface area contributed by atoms with Gasteiger partial charge in [0.2, 0.25) is 0 Å². The number of hydrogen-bond acceptors (Lipinski definition) is 7. The Morgan fingerprint density at radius 2 is 2.04 bits per heavy atom. The van der Waals surface area contributed by atoms with Gasteiger partial charge in [-0.05, 0) is 25.3 Å². The summed E-state index contributed by atoms with van der Waals surface area (Å²) >= 11 is 1.19. The quantitative estimate of drug-likeness (QED) is 0.520. The van der Waals surface area contributed by atoms with Crippen molar-refractivity contribution in [2.75, 3.05) is 12.9 Å². The summed E-state index contributed by atoms with van der Waals surface area (Å²) in [6.45, 7) is 1.42. The fourth-order valence-electron chi connectivity index (χ4n) is 2.59. The zero-order valence-corrected chi connectivity index (χ0v) is 15.4. The summed E-state index contributed by atoms with van der Waals surface area (Å²) in [5.41, 5.74) is 0.622. The second-order valence-corrected chi connectivity index (χ2v) is 7.25. The maximum atomic E-state index is 12.5. The third kappa shape index (κ3) is 4.98. The molecule has 4 N–H and O–H groups in total. The molecule has 8 nitrogen and oxygen atoms in total. The van der Waals surface area contributed by atoms with E-state index < -0.39 is 50.6 Å². The molecule has 1 aromatic carbocycles. The van der Waals surface area contributed by atoms with Crippen molar-refractivity contribution >= 4 is 25.9 Å². The highest BCUT2D eigenvalue weighted by molar-refractivity contribution is 7.99. The summed E-state index contributed by atoms with van der Waals surface area (Å²) in [6.07, 6.45) is -1.62. The van der Waals surface area contributed by atoms with Crippen molar-refractivity contribution in [3.8, 4) is 0 Å². The van der Waals surface area contributed by atoms with Crippen molar-refractivity contribution in [1.82, 2.24) is 5.32 Å². The maximum Gasteiger partial charge on any atom is 0.695 e. The summed E-state index contributed by atoms with van der Waals surface area (Å²) in [4.78, 5) is 21.6. The predicted octanol–water partition coefficient (Wildman–Crippen LogP) is 0.569. The van der Waals surface area contributed by atoms with E-state index in [1.54, 1.807) is 30.5 Å². The van der Waals surface area contributed by atoms with Gasteiger partial charge in [0.15, 0.2) is 6.10 Å². The predicted molar refractivity (Wildman–Crippen MR) is 92.4 cm³/mol. The number of nitrogens with one attached hydrogen (secondary N) is 1. The average molecular weight is 390 g/mol. The molecule has 0 aliphatic carbocycles. The molecule has 1 unspecified atom stereocenters. The zero-order valence-electron chi connectivity index (χ0n) is 13.7. The largest absolute Gasteiger partial charge is 0.695 e. The molecule has 0 radical (unpaired) electrons. The Morgan fingerprint density at radius 1 is 1.40 bits per heavy atom. The Balaban J connectivity index is 2.25. The Hall–Kier alpha value is -1.06. The minimum atomic E-state index is -2.97. The van der Waals surface area contributed by atoms with E-state index in [9.17, 15) is 19.6 Å². The topological polar surface area (TPSA) is 125 Å². The molecule has 0 aromatic heterocycles. The molecule has 25 heavy (non-hydrogen) atoms. The van der Waals surface area contributed by atoms with Crippen LogP contribution in [0.15, 0.2) is 24.3 Å². The van der Waals surface area contributed by atoms with Gasteiger partial charge in [-0.15, -0.1) is 21.2 Å². The number of thioether (sulfide) groups is 1. The highest BCUT2D eigenvalue weighted by Gasteiger charge is 2.50. The van der Waals surface area contributed by atoms with Crippen LogP contribution in [-0.2, 0) is 13.8 Å². The van der Waals surface area contributed by atoms with Crippen LogP contribution in [0.1, 0.15) is 15.9 Å². The number of hydrogen-bond donors (Lipinski definition) is 4. The highest BCUT2D eigenvalue weighted by atomic mass is 32.2. The molecule has 2 rings (SSSR count). The molecular formula is C15H21NO7PS+. The monoisotopic (exact) mass is 390 g/mol. The molecule has 1 aromatic rings. The van der Waals surface area contributed by atoms with Crippen LogP contribution in [0.5, 0.6) is 0 Å². The first-order chi connectivity index (χ1) is 11.9. The van der Waals surface area contributed by atoms with Crippen LogP contribution in [0.2, 0.25) is 0 Å². The number of aliphatic hydroxyl groups is 2. The van der Waals surface area contributed by atoms with Gasteiger partial charge in [-0.1, -0.05) is 17.7 Å². The first-order valence-electron chi connectivity index (χ1n) is 7.55. The van der Waals surface area contributed by atoms with Gasteiger partial charge in [-0.2, -0.15) is 0 Å². The van der Waals surface area contributed by atoms with Gasteiger partial charge in [0.1, 0.15) is 17.6 Å². The van der Waals surface area contributed by atoms with Gasteiger partial charge in [0.05, 0.1) is 12.6 Å². The Kier molecular flexibility index (Phi) is 7.33. The SMILES string of the molecule is CS[C@@H]1O[C@H](CO)[C@H](O)[C@H](NC(=O)c2ccc(C)cc2)[C@H]1O[P+](=O)O. The van der Waals surface area contributed by atoms with E-state index in [-0.39, 0.29) is 0 Å². The van der Waals surface area contributed by atoms with Crippen LogP contribution in [0.25, 0.3) is 0 Å². The van der Waals surface area contributed by atoms with Gasteiger partial charge in [-0.3, -0.25) is 4.79 Å². The summed E-state index contributed by atoms with van der Waals surface area (Å²) in [7, 11) is -2.97. The molecule has 0 spiro atoms. The molecule has 1 aliphatic rings. The fraction of sp³-hybridized carbons (Fsp3) is 0.533. The van der Waals surface area contributed by atoms with Crippen molar-refractivity contribution in [2.24, 2.45) is 0 Å². The van der Waals surface area contributed by atoms with Crippen LogP contribution < -0.4 is 5.32 Å². The van der Waals surface area contributed by atoms with Gasteiger partial charge < -0.3 is 20.3 Å². The van der Waals surface area contributed by atoms with E-state index in [0.717, 1.165) is 5.56 Å². The first kappa shape index (κ1) is 20.3. The van der Waals surface area contributed by atoms with Crippen molar-refractivity contribution in [1.29, 1.82) is 0 Å². The lowest BCUT2D eigenvalue weighted by atomic mass is 9.96. The number of carbonyl (C=O) groups excluding carboxylic acids is 1. The summed E-state index contributed by atoms with van der Waals surface area (Å²) < 4.78 is 21.6. The molecular weight excluding hydrogens is 369 g/mol. The van der Waals surface area contributed by atoms with Crippen molar-refractivity contribution in [3.63, 3.8) is 0 Å². The van der Waals surface area contributed by atoms with E-state index >= 15 is 0 Å². The third-order valence-corrected chi connectivity index (χ3v) is 5.18. The lowest BCUT2D eigenvalue weighted by molar-refractivity contribution is -0.158. The lowest BCUT2D eigenvalue weighted by Gasteiger charge is -2.41. The molecule has 6 atom stereocenters. The zero-order chi connectivity index (χ0) is 18.6. The lowest BCUT2D eigenvalue weighted by Crippen LogP contribution is -2.64. The molecule has 1 saturated heterocycles. The fourth-order valence-corrected chi connectivity index (χ4v) is 3.87. The number of benzene rings is 1. The van der Waals surface area contributed by atoms with Crippen LogP contribution in [-0.4, -0.2) is 63.7 Å². The molecule has 1 heterocycles. The maximum absolute atomic E-state index is 12.5. The van der Waals surface area contributed by atoms with E-state index in [0.29, 0.717) is 5.56 Å². The summed E-state index contributed by atoms with van der Waals surface area (Å²) in [6, 6.07) is 5.79. The normalized spacial score (nSPS) is 30.0. The minimum Gasteiger partial charge on any atom is -0.394 e. The minimum absolute atomic E-state index is 0.373. The second-order valence-electron chi connectivity index (χ2n) is 5.62. The summed E-state index contributed by atoms with van der Waals surface area (Å²) in [5, 5.41) is 22.4. The molecule has 0 saturated carbocycles. The Labute approximate surface area is 150 Å². The molecule has 138 valence electrons. The van der Waals surface area contributed by atoms with Gasteiger partial charge in [0.25, 0.3) is 5.91 Å². The van der Waals surface area contributed by atoms with E-state index in [1.807, 2.05) is 6.92 Å². The number of rotatable bonds is 6. The first-order valence-corrected chi connectivity index (χ1v) is 9.96. The molecule has 1 amide bonds. The number of amides is 1. The summed E-state index contributed by atoms with van der Waals surface area (Å²) in [5.74, 6) is -0.468. The smallest absolute Gasteiger partial charge is 0.394 e. The van der Waals surface area contributed by atoms with Crippen LogP contribution >= 0.6 is 20.0 Å².